The van der Waals surface area contributed by atoms with Gasteiger partial charge in [-0.2, -0.15) is 4.98 Å². The fourth-order valence-corrected chi connectivity index (χ4v) is 4.03. The molecular weight excluding hydrogens is 379 g/mol. The monoisotopic (exact) mass is 402 g/mol. The molecule has 0 aliphatic heterocycles. The Labute approximate surface area is 174 Å². The lowest BCUT2D eigenvalue weighted by Gasteiger charge is -2.17. The summed E-state index contributed by atoms with van der Waals surface area (Å²) in [6.07, 6.45) is 6.21. The van der Waals surface area contributed by atoms with Crippen molar-refractivity contribution < 1.29 is 4.39 Å². The van der Waals surface area contributed by atoms with Gasteiger partial charge in [-0.05, 0) is 30.5 Å². The van der Waals surface area contributed by atoms with Crippen molar-refractivity contribution >= 4 is 28.7 Å². The second-order valence-electron chi connectivity index (χ2n) is 7.59. The number of imidazole rings is 1. The molecule has 0 spiro atoms. The molecule has 0 unspecified atom stereocenters. The van der Waals surface area contributed by atoms with Crippen LogP contribution in [0.3, 0.4) is 0 Å². The van der Waals surface area contributed by atoms with Crippen molar-refractivity contribution in [1.29, 1.82) is 0 Å². The largest absolute Gasteiger partial charge is 0.350 e. The van der Waals surface area contributed by atoms with Crippen molar-refractivity contribution in [1.82, 2.24) is 19.5 Å². The number of nitrogens with zero attached hydrogens (tertiary/aromatic N) is 4. The molecule has 1 saturated carbocycles. The van der Waals surface area contributed by atoms with E-state index in [9.17, 15) is 4.39 Å². The van der Waals surface area contributed by atoms with Gasteiger partial charge < -0.3 is 10.6 Å². The number of para-hydroxylation sites is 1. The summed E-state index contributed by atoms with van der Waals surface area (Å²) in [4.78, 5) is 13.9. The minimum absolute atomic E-state index is 0.293. The molecule has 0 atom stereocenters. The number of anilines is 3. The molecule has 152 valence electrons. The summed E-state index contributed by atoms with van der Waals surface area (Å²) in [5.74, 6) is 0.860. The second-order valence-corrected chi connectivity index (χ2v) is 7.59. The molecule has 0 bridgehead atoms. The highest BCUT2D eigenvalue weighted by atomic mass is 19.1. The number of halogens is 1. The van der Waals surface area contributed by atoms with Crippen molar-refractivity contribution in [2.75, 3.05) is 10.6 Å². The molecule has 2 heterocycles. The zero-order chi connectivity index (χ0) is 20.3. The third kappa shape index (κ3) is 3.70. The molecule has 7 heteroatoms. The Bertz CT molecular complexity index is 1150. The SMILES string of the molecule is Fc1ccccc1Nc1nc2cnc(NCc3ccccc3)nc2n1C1CCCC1. The highest BCUT2D eigenvalue weighted by Gasteiger charge is 2.24. The van der Waals surface area contributed by atoms with Crippen molar-refractivity contribution in [3.8, 4) is 0 Å². The lowest BCUT2D eigenvalue weighted by molar-refractivity contribution is 0.535. The highest BCUT2D eigenvalue weighted by Crippen LogP contribution is 2.36. The van der Waals surface area contributed by atoms with Crippen LogP contribution in [0.4, 0.5) is 22.0 Å². The van der Waals surface area contributed by atoms with E-state index in [0.29, 0.717) is 35.7 Å². The molecule has 1 fully saturated rings. The molecule has 1 aliphatic carbocycles. The molecular formula is C23H23FN6. The van der Waals surface area contributed by atoms with E-state index in [1.54, 1.807) is 24.4 Å². The van der Waals surface area contributed by atoms with Gasteiger partial charge in [0, 0.05) is 12.6 Å². The first-order chi connectivity index (χ1) is 14.8. The summed E-state index contributed by atoms with van der Waals surface area (Å²) in [5.41, 5.74) is 3.03. The van der Waals surface area contributed by atoms with Gasteiger partial charge in [0.15, 0.2) is 5.65 Å². The smallest absolute Gasteiger partial charge is 0.225 e. The first kappa shape index (κ1) is 18.5. The Morgan fingerprint density at radius 1 is 0.967 bits per heavy atom. The van der Waals surface area contributed by atoms with E-state index in [0.717, 1.165) is 24.1 Å². The summed E-state index contributed by atoms with van der Waals surface area (Å²) >= 11 is 0. The first-order valence-electron chi connectivity index (χ1n) is 10.3. The van der Waals surface area contributed by atoms with Crippen LogP contribution in [0.5, 0.6) is 0 Å². The van der Waals surface area contributed by atoms with Crippen LogP contribution in [-0.4, -0.2) is 19.5 Å². The highest BCUT2D eigenvalue weighted by molar-refractivity contribution is 5.76. The van der Waals surface area contributed by atoms with E-state index in [2.05, 4.69) is 37.3 Å². The Morgan fingerprint density at radius 2 is 1.73 bits per heavy atom. The van der Waals surface area contributed by atoms with Gasteiger partial charge in [-0.15, -0.1) is 0 Å². The fraction of sp³-hybridized carbons (Fsp3) is 0.261. The number of benzene rings is 2. The first-order valence-corrected chi connectivity index (χ1v) is 10.3. The van der Waals surface area contributed by atoms with Gasteiger partial charge in [0.1, 0.15) is 11.3 Å². The third-order valence-corrected chi connectivity index (χ3v) is 5.54. The van der Waals surface area contributed by atoms with E-state index >= 15 is 0 Å². The van der Waals surface area contributed by atoms with Gasteiger partial charge in [-0.25, -0.2) is 14.4 Å². The van der Waals surface area contributed by atoms with Gasteiger partial charge in [-0.1, -0.05) is 55.3 Å². The maximum Gasteiger partial charge on any atom is 0.225 e. The Hall–Kier alpha value is -3.48. The molecule has 0 radical (unpaired) electrons. The van der Waals surface area contributed by atoms with Crippen molar-refractivity contribution in [2.45, 2.75) is 38.3 Å². The van der Waals surface area contributed by atoms with E-state index < -0.39 is 0 Å². The lowest BCUT2D eigenvalue weighted by Crippen LogP contribution is -2.11. The van der Waals surface area contributed by atoms with Crippen LogP contribution < -0.4 is 10.6 Å². The molecule has 4 aromatic rings. The van der Waals surface area contributed by atoms with Crippen LogP contribution in [0.25, 0.3) is 11.2 Å². The van der Waals surface area contributed by atoms with Gasteiger partial charge in [-0.3, -0.25) is 4.57 Å². The van der Waals surface area contributed by atoms with Crippen molar-refractivity contribution in [3.05, 3.63) is 72.2 Å². The van der Waals surface area contributed by atoms with Crippen LogP contribution in [-0.2, 0) is 6.54 Å². The van der Waals surface area contributed by atoms with Gasteiger partial charge in [0.2, 0.25) is 11.9 Å². The Morgan fingerprint density at radius 3 is 2.53 bits per heavy atom. The molecule has 0 amide bonds. The second kappa shape index (κ2) is 8.10. The quantitative estimate of drug-likeness (QED) is 0.450. The Balaban J connectivity index is 1.50. The summed E-state index contributed by atoms with van der Waals surface area (Å²) in [6.45, 7) is 0.643. The molecule has 5 rings (SSSR count). The maximum absolute atomic E-state index is 14.2. The van der Waals surface area contributed by atoms with E-state index in [-0.39, 0.29) is 5.82 Å². The summed E-state index contributed by atoms with van der Waals surface area (Å²) < 4.78 is 16.3. The van der Waals surface area contributed by atoms with Gasteiger partial charge in [0.05, 0.1) is 11.9 Å². The number of hydrogen-bond donors (Lipinski definition) is 2. The van der Waals surface area contributed by atoms with E-state index in [1.165, 1.54) is 18.9 Å². The van der Waals surface area contributed by atoms with E-state index in [1.807, 2.05) is 18.2 Å². The molecule has 6 nitrogen and oxygen atoms in total. The zero-order valence-electron chi connectivity index (χ0n) is 16.6. The number of fused-ring (bicyclic) bond motifs is 1. The Kier molecular flexibility index (Phi) is 5.01. The predicted octanol–water partition coefficient (Wildman–Crippen LogP) is 5.44. The predicted molar refractivity (Wildman–Crippen MR) is 116 cm³/mol. The van der Waals surface area contributed by atoms with Crippen LogP contribution in [0, 0.1) is 5.82 Å². The molecule has 1 aliphatic rings. The minimum Gasteiger partial charge on any atom is -0.350 e. The molecule has 2 N–H and O–H groups in total. The standard InChI is InChI=1S/C23H23FN6/c24-18-12-6-7-13-19(18)27-23-28-20-15-26-22(25-14-16-8-2-1-3-9-16)29-21(20)30(23)17-10-4-5-11-17/h1-3,6-9,12-13,15,17H,4-5,10-11,14H2,(H,27,28)(H,25,26,29). The van der Waals surface area contributed by atoms with Gasteiger partial charge >= 0.3 is 0 Å². The fourth-order valence-electron chi connectivity index (χ4n) is 4.03. The number of nitrogens with one attached hydrogen (secondary N) is 2. The van der Waals surface area contributed by atoms with E-state index in [4.69, 9.17) is 4.98 Å². The maximum atomic E-state index is 14.2. The summed E-state index contributed by atoms with van der Waals surface area (Å²) in [5, 5.41) is 6.47. The van der Waals surface area contributed by atoms with Crippen LogP contribution >= 0.6 is 0 Å². The molecule has 30 heavy (non-hydrogen) atoms. The summed E-state index contributed by atoms with van der Waals surface area (Å²) in [7, 11) is 0. The molecule has 2 aromatic carbocycles. The number of hydrogen-bond acceptors (Lipinski definition) is 5. The number of rotatable bonds is 6. The molecule has 0 saturated heterocycles. The normalized spacial score (nSPS) is 14.3. The average Bonchev–Trinajstić information content (AvgIpc) is 3.41. The van der Waals surface area contributed by atoms with Gasteiger partial charge in [0.25, 0.3) is 0 Å². The molecule has 2 aromatic heterocycles. The van der Waals surface area contributed by atoms with Crippen molar-refractivity contribution in [2.24, 2.45) is 0 Å². The number of aromatic nitrogens is 4. The minimum atomic E-state index is -0.307. The van der Waals surface area contributed by atoms with Crippen LogP contribution in [0.2, 0.25) is 0 Å². The van der Waals surface area contributed by atoms with Crippen LogP contribution in [0.1, 0.15) is 37.3 Å². The third-order valence-electron chi connectivity index (χ3n) is 5.54. The average molecular weight is 402 g/mol. The van der Waals surface area contributed by atoms with Crippen molar-refractivity contribution in [3.63, 3.8) is 0 Å². The lowest BCUT2D eigenvalue weighted by atomic mass is 10.2. The summed E-state index contributed by atoms with van der Waals surface area (Å²) in [6, 6.07) is 17.1. The van der Waals surface area contributed by atoms with Crippen LogP contribution in [0.15, 0.2) is 60.8 Å². The zero-order valence-corrected chi connectivity index (χ0v) is 16.6. The topological polar surface area (TPSA) is 67.7 Å².